The van der Waals surface area contributed by atoms with E-state index < -0.39 is 12.0 Å². The number of hydrogen-bond acceptors (Lipinski definition) is 4. The third-order valence-electron chi connectivity index (χ3n) is 4.64. The van der Waals surface area contributed by atoms with Crippen LogP contribution in [0.15, 0.2) is 66.4 Å². The normalized spacial score (nSPS) is 15.9. The van der Waals surface area contributed by atoms with E-state index in [4.69, 9.17) is 27.9 Å². The number of rotatable bonds is 4. The molecular weight excluding hydrogens is 397 g/mol. The minimum absolute atomic E-state index is 0.126. The van der Waals surface area contributed by atoms with Gasteiger partial charge < -0.3 is 10.1 Å². The molecule has 2 heterocycles. The second-order valence-corrected chi connectivity index (χ2v) is 7.24. The van der Waals surface area contributed by atoms with Crippen molar-refractivity contribution in [1.82, 2.24) is 9.55 Å². The Balaban J connectivity index is 1.96. The van der Waals surface area contributed by atoms with Crippen LogP contribution < -0.4 is 5.32 Å². The van der Waals surface area contributed by atoms with Crippen LogP contribution in [0.4, 0.5) is 5.95 Å². The van der Waals surface area contributed by atoms with Crippen molar-refractivity contribution >= 4 is 46.2 Å². The Hall–Kier alpha value is -2.76. The monoisotopic (exact) mass is 413 g/mol. The molecule has 3 aromatic rings. The van der Waals surface area contributed by atoms with E-state index in [0.717, 1.165) is 16.6 Å². The smallest absolute Gasteiger partial charge is 0.338 e. The summed E-state index contributed by atoms with van der Waals surface area (Å²) in [5.74, 6) is 0.222. The van der Waals surface area contributed by atoms with Gasteiger partial charge in [-0.3, -0.25) is 4.57 Å². The number of allylic oxidation sites excluding steroid dienone is 1. The van der Waals surface area contributed by atoms with Gasteiger partial charge in [0.05, 0.1) is 32.7 Å². The molecule has 1 aromatic heterocycles. The summed E-state index contributed by atoms with van der Waals surface area (Å²) in [6.07, 6.45) is 1.54. The first kappa shape index (κ1) is 18.6. The molecule has 0 saturated carbocycles. The number of nitrogens with one attached hydrogen (secondary N) is 1. The minimum Gasteiger partial charge on any atom is -0.458 e. The number of imidazole rings is 1. The highest BCUT2D eigenvalue weighted by Gasteiger charge is 2.35. The van der Waals surface area contributed by atoms with Crippen molar-refractivity contribution in [1.29, 1.82) is 0 Å². The highest BCUT2D eigenvalue weighted by molar-refractivity contribution is 6.42. The van der Waals surface area contributed by atoms with Crippen LogP contribution in [-0.4, -0.2) is 22.1 Å². The van der Waals surface area contributed by atoms with E-state index in [2.05, 4.69) is 16.9 Å². The summed E-state index contributed by atoms with van der Waals surface area (Å²) in [5.41, 5.74) is 3.68. The molecule has 0 bridgehead atoms. The second-order valence-electron chi connectivity index (χ2n) is 6.42. The molecular formula is C21H17Cl2N3O2. The molecule has 0 radical (unpaired) electrons. The van der Waals surface area contributed by atoms with Gasteiger partial charge in [0.25, 0.3) is 0 Å². The Labute approximate surface area is 172 Å². The van der Waals surface area contributed by atoms with E-state index in [9.17, 15) is 4.79 Å². The summed E-state index contributed by atoms with van der Waals surface area (Å²) in [6, 6.07) is 12.6. The predicted molar refractivity (Wildman–Crippen MR) is 112 cm³/mol. The van der Waals surface area contributed by atoms with Gasteiger partial charge in [0, 0.05) is 5.70 Å². The van der Waals surface area contributed by atoms with Crippen molar-refractivity contribution in [3.05, 3.63) is 82.0 Å². The molecule has 7 heteroatoms. The lowest BCUT2D eigenvalue weighted by molar-refractivity contribution is -0.138. The summed E-state index contributed by atoms with van der Waals surface area (Å²) < 4.78 is 7.34. The van der Waals surface area contributed by atoms with E-state index in [0.29, 0.717) is 27.3 Å². The lowest BCUT2D eigenvalue weighted by Crippen LogP contribution is -2.29. The maximum atomic E-state index is 12.9. The zero-order valence-corrected chi connectivity index (χ0v) is 16.6. The second kappa shape index (κ2) is 7.34. The number of carbonyl (C=O) groups is 1. The van der Waals surface area contributed by atoms with Crippen molar-refractivity contribution < 1.29 is 9.53 Å². The lowest BCUT2D eigenvalue weighted by atomic mass is 9.95. The van der Waals surface area contributed by atoms with Crippen LogP contribution in [0.5, 0.6) is 0 Å². The number of aromatic nitrogens is 2. The van der Waals surface area contributed by atoms with Gasteiger partial charge in [-0.1, -0.05) is 54.1 Å². The van der Waals surface area contributed by atoms with Crippen LogP contribution in [0, 0.1) is 0 Å². The molecule has 1 atom stereocenters. The number of fused-ring (bicyclic) bond motifs is 3. The molecule has 142 valence electrons. The van der Waals surface area contributed by atoms with Crippen LogP contribution in [0.25, 0.3) is 11.0 Å². The lowest BCUT2D eigenvalue weighted by Gasteiger charge is -2.30. The van der Waals surface area contributed by atoms with E-state index in [-0.39, 0.29) is 6.61 Å². The van der Waals surface area contributed by atoms with Crippen LogP contribution >= 0.6 is 23.2 Å². The largest absolute Gasteiger partial charge is 0.458 e. The number of carbonyl (C=O) groups excluding carboxylic acids is 1. The van der Waals surface area contributed by atoms with Gasteiger partial charge in [-0.05, 0) is 36.8 Å². The fraction of sp³-hybridized carbons (Fsp3) is 0.143. The molecule has 28 heavy (non-hydrogen) atoms. The van der Waals surface area contributed by atoms with Crippen LogP contribution in [0.3, 0.4) is 0 Å². The zero-order chi connectivity index (χ0) is 19.8. The number of benzene rings is 2. The van der Waals surface area contributed by atoms with E-state index >= 15 is 0 Å². The van der Waals surface area contributed by atoms with Crippen LogP contribution in [0.1, 0.15) is 18.5 Å². The van der Waals surface area contributed by atoms with Crippen LogP contribution in [0.2, 0.25) is 10.0 Å². The molecule has 2 aromatic carbocycles. The van der Waals surface area contributed by atoms with Crippen molar-refractivity contribution in [3.63, 3.8) is 0 Å². The van der Waals surface area contributed by atoms with Gasteiger partial charge in [0.15, 0.2) is 0 Å². The SMILES string of the molecule is C=CCOC(=O)C1=C(C)Nc2nc3ccccc3n2[C@@H]1c1ccc(Cl)c(Cl)c1. The fourth-order valence-corrected chi connectivity index (χ4v) is 3.75. The summed E-state index contributed by atoms with van der Waals surface area (Å²) in [6.45, 7) is 5.57. The van der Waals surface area contributed by atoms with Crippen molar-refractivity contribution in [2.45, 2.75) is 13.0 Å². The summed E-state index contributed by atoms with van der Waals surface area (Å²) >= 11 is 12.4. The number of hydrogen-bond donors (Lipinski definition) is 1. The Bertz CT molecular complexity index is 1130. The molecule has 5 nitrogen and oxygen atoms in total. The predicted octanol–water partition coefficient (Wildman–Crippen LogP) is 5.36. The Kier molecular flexibility index (Phi) is 4.87. The average Bonchev–Trinajstić information content (AvgIpc) is 3.05. The molecule has 0 saturated heterocycles. The fourth-order valence-electron chi connectivity index (χ4n) is 3.44. The molecule has 0 fully saturated rings. The van der Waals surface area contributed by atoms with Crippen molar-refractivity contribution in [2.24, 2.45) is 0 Å². The van der Waals surface area contributed by atoms with Crippen molar-refractivity contribution in [2.75, 3.05) is 11.9 Å². The highest BCUT2D eigenvalue weighted by atomic mass is 35.5. The first-order valence-electron chi connectivity index (χ1n) is 8.69. The number of anilines is 1. The van der Waals surface area contributed by atoms with Crippen LogP contribution in [-0.2, 0) is 9.53 Å². The van der Waals surface area contributed by atoms with Gasteiger partial charge in [0.1, 0.15) is 6.61 Å². The maximum Gasteiger partial charge on any atom is 0.338 e. The van der Waals surface area contributed by atoms with Gasteiger partial charge in [-0.15, -0.1) is 0 Å². The first-order chi connectivity index (χ1) is 13.5. The highest BCUT2D eigenvalue weighted by Crippen LogP contribution is 2.40. The summed E-state index contributed by atoms with van der Waals surface area (Å²) in [5, 5.41) is 4.10. The Morgan fingerprint density at radius 1 is 1.29 bits per heavy atom. The number of ether oxygens (including phenoxy) is 1. The standard InChI is InChI=1S/C21H17Cl2N3O2/c1-3-10-28-20(27)18-12(2)24-21-25-16-6-4-5-7-17(16)26(21)19(18)13-8-9-14(22)15(23)11-13/h3-9,11,19H,1,10H2,2H3,(H,24,25)/t19-/m1/s1. The topological polar surface area (TPSA) is 56.1 Å². The van der Waals surface area contributed by atoms with Gasteiger partial charge in [0.2, 0.25) is 5.95 Å². The molecule has 1 N–H and O–H groups in total. The molecule has 0 aliphatic carbocycles. The third-order valence-corrected chi connectivity index (χ3v) is 5.38. The first-order valence-corrected chi connectivity index (χ1v) is 9.44. The summed E-state index contributed by atoms with van der Waals surface area (Å²) in [4.78, 5) is 17.6. The molecule has 4 rings (SSSR count). The summed E-state index contributed by atoms with van der Waals surface area (Å²) in [7, 11) is 0. The third kappa shape index (κ3) is 3.07. The number of nitrogens with zero attached hydrogens (tertiary/aromatic N) is 2. The molecule has 0 amide bonds. The molecule has 0 unspecified atom stereocenters. The maximum absolute atomic E-state index is 12.9. The molecule has 1 aliphatic heterocycles. The van der Waals surface area contributed by atoms with E-state index in [1.54, 1.807) is 12.1 Å². The molecule has 0 spiro atoms. The average molecular weight is 414 g/mol. The van der Waals surface area contributed by atoms with E-state index in [1.807, 2.05) is 41.8 Å². The van der Waals surface area contributed by atoms with Crippen molar-refractivity contribution in [3.8, 4) is 0 Å². The number of halogens is 2. The Morgan fingerprint density at radius 3 is 2.82 bits per heavy atom. The zero-order valence-electron chi connectivity index (χ0n) is 15.1. The molecule has 1 aliphatic rings. The van der Waals surface area contributed by atoms with Gasteiger partial charge in [-0.25, -0.2) is 9.78 Å². The van der Waals surface area contributed by atoms with Gasteiger partial charge >= 0.3 is 5.97 Å². The van der Waals surface area contributed by atoms with E-state index in [1.165, 1.54) is 6.08 Å². The number of esters is 1. The quantitative estimate of drug-likeness (QED) is 0.461. The van der Waals surface area contributed by atoms with Gasteiger partial charge in [-0.2, -0.15) is 0 Å². The number of para-hydroxylation sites is 2. The Morgan fingerprint density at radius 2 is 2.07 bits per heavy atom. The minimum atomic E-state index is -0.462.